The molecule has 0 fully saturated rings. The number of carbonyl (C=O) groups excluding carboxylic acids is 1. The second kappa shape index (κ2) is 9.57. The maximum Gasteiger partial charge on any atom is 0.227 e. The molecule has 1 aliphatic rings. The van der Waals surface area contributed by atoms with Crippen LogP contribution < -0.4 is 10.2 Å². The Bertz CT molecular complexity index is 1470. The molecule has 1 aliphatic heterocycles. The minimum atomic E-state index is -0.623. The number of ether oxygens (including phenoxy) is 1. The smallest absolute Gasteiger partial charge is 0.227 e. The lowest BCUT2D eigenvalue weighted by atomic mass is 9.91. The number of aromatic nitrogens is 1. The van der Waals surface area contributed by atoms with Gasteiger partial charge in [0.15, 0.2) is 5.76 Å². The first kappa shape index (κ1) is 23.7. The van der Waals surface area contributed by atoms with Gasteiger partial charge in [0.25, 0.3) is 0 Å². The van der Waals surface area contributed by atoms with Crippen LogP contribution in [0.4, 0.5) is 0 Å². The van der Waals surface area contributed by atoms with E-state index in [1.54, 1.807) is 6.92 Å². The molecule has 1 atom stereocenters. The summed E-state index contributed by atoms with van der Waals surface area (Å²) in [5.41, 5.74) is 3.62. The number of aromatic hydroxyl groups is 1. The Labute approximate surface area is 209 Å². The van der Waals surface area contributed by atoms with Crippen molar-refractivity contribution in [3.8, 4) is 11.5 Å². The van der Waals surface area contributed by atoms with Gasteiger partial charge in [0.2, 0.25) is 17.1 Å². The van der Waals surface area contributed by atoms with Crippen molar-refractivity contribution in [2.24, 2.45) is 0 Å². The van der Waals surface area contributed by atoms with E-state index in [-0.39, 0.29) is 24.2 Å². The van der Waals surface area contributed by atoms with Crippen LogP contribution in [-0.2, 0) is 17.8 Å². The number of hydrogen-bond donors (Lipinski definition) is 2. The van der Waals surface area contributed by atoms with Gasteiger partial charge in [-0.3, -0.25) is 9.59 Å². The predicted molar refractivity (Wildman–Crippen MR) is 137 cm³/mol. The summed E-state index contributed by atoms with van der Waals surface area (Å²) in [6.45, 7) is 6.65. The molecule has 36 heavy (non-hydrogen) atoms. The van der Waals surface area contributed by atoms with Crippen LogP contribution in [0.5, 0.6) is 11.5 Å². The van der Waals surface area contributed by atoms with Crippen LogP contribution in [0.3, 0.4) is 0 Å². The molecular formula is C29H30N2O5. The second-order valence-corrected chi connectivity index (χ2v) is 9.62. The van der Waals surface area contributed by atoms with Crippen LogP contribution in [0.1, 0.15) is 54.5 Å². The number of hydrogen-bond acceptors (Lipinski definition) is 5. The van der Waals surface area contributed by atoms with Gasteiger partial charge in [0.1, 0.15) is 11.5 Å². The highest BCUT2D eigenvalue weighted by atomic mass is 16.5. The summed E-state index contributed by atoms with van der Waals surface area (Å²) in [5, 5.41) is 11.8. The molecule has 0 saturated carbocycles. The SMILES string of the molecule is Cc1cc(=O)c(O)c([C@H](CC(=O)N2CCc3c([nH]c4ccccc34)C2)c2ccc(OC(C)C)cc2)o1. The molecule has 0 radical (unpaired) electrons. The minimum Gasteiger partial charge on any atom is -0.502 e. The standard InChI is InChI=1S/C29H30N2O5/c1-17(2)35-20-10-8-19(9-11-20)23(29-28(34)26(32)14-18(3)36-29)15-27(33)31-13-12-22-21-6-4-5-7-24(21)30-25(22)16-31/h4-11,14,17,23,30,34H,12-13,15-16H2,1-3H3/t23-/m1/s1. The van der Waals surface area contributed by atoms with E-state index in [1.165, 1.54) is 17.0 Å². The van der Waals surface area contributed by atoms with Gasteiger partial charge in [-0.2, -0.15) is 0 Å². The third-order valence-corrected chi connectivity index (χ3v) is 6.66. The number of aryl methyl sites for hydroxylation is 1. The Balaban J connectivity index is 1.45. The Kier molecular flexibility index (Phi) is 6.31. The van der Waals surface area contributed by atoms with E-state index in [1.807, 2.05) is 61.2 Å². The molecule has 2 aromatic carbocycles. The first-order valence-electron chi connectivity index (χ1n) is 12.3. The molecule has 0 bridgehead atoms. The van der Waals surface area contributed by atoms with Crippen molar-refractivity contribution in [2.45, 2.75) is 52.2 Å². The van der Waals surface area contributed by atoms with E-state index >= 15 is 0 Å². The Morgan fingerprint density at radius 2 is 1.92 bits per heavy atom. The van der Waals surface area contributed by atoms with E-state index in [0.29, 0.717) is 24.6 Å². The molecule has 0 unspecified atom stereocenters. The number of H-pyrrole nitrogens is 1. The molecular weight excluding hydrogens is 456 g/mol. The highest BCUT2D eigenvalue weighted by Crippen LogP contribution is 2.35. The largest absolute Gasteiger partial charge is 0.502 e. The van der Waals surface area contributed by atoms with Crippen LogP contribution in [0, 0.1) is 6.92 Å². The van der Waals surface area contributed by atoms with Crippen molar-refractivity contribution in [3.63, 3.8) is 0 Å². The number of nitrogens with zero attached hydrogens (tertiary/aromatic N) is 1. The fourth-order valence-electron chi connectivity index (χ4n) is 4.98. The average Bonchev–Trinajstić information content (AvgIpc) is 3.23. The second-order valence-electron chi connectivity index (χ2n) is 9.62. The molecule has 7 heteroatoms. The summed E-state index contributed by atoms with van der Waals surface area (Å²) < 4.78 is 11.6. The van der Waals surface area contributed by atoms with Gasteiger partial charge in [-0.05, 0) is 56.5 Å². The number of nitrogens with one attached hydrogen (secondary N) is 1. The Hall–Kier alpha value is -4.00. The summed E-state index contributed by atoms with van der Waals surface area (Å²) >= 11 is 0. The van der Waals surface area contributed by atoms with Crippen molar-refractivity contribution in [2.75, 3.05) is 6.54 Å². The lowest BCUT2D eigenvalue weighted by Crippen LogP contribution is -2.36. The number of rotatable bonds is 6. The fraction of sp³-hybridized carbons (Fsp3) is 0.310. The van der Waals surface area contributed by atoms with Gasteiger partial charge < -0.3 is 24.1 Å². The van der Waals surface area contributed by atoms with Gasteiger partial charge in [-0.1, -0.05) is 30.3 Å². The molecule has 186 valence electrons. The van der Waals surface area contributed by atoms with Gasteiger partial charge in [-0.25, -0.2) is 0 Å². The molecule has 1 amide bonds. The molecule has 3 heterocycles. The van der Waals surface area contributed by atoms with Gasteiger partial charge in [0.05, 0.1) is 18.6 Å². The highest BCUT2D eigenvalue weighted by Gasteiger charge is 2.30. The maximum atomic E-state index is 13.6. The number of benzene rings is 2. The first-order chi connectivity index (χ1) is 17.3. The van der Waals surface area contributed by atoms with Crippen LogP contribution in [-0.4, -0.2) is 33.5 Å². The van der Waals surface area contributed by atoms with Crippen molar-refractivity contribution in [1.29, 1.82) is 0 Å². The van der Waals surface area contributed by atoms with E-state index in [9.17, 15) is 14.7 Å². The van der Waals surface area contributed by atoms with E-state index < -0.39 is 17.1 Å². The van der Waals surface area contributed by atoms with E-state index in [2.05, 4.69) is 11.1 Å². The van der Waals surface area contributed by atoms with Gasteiger partial charge >= 0.3 is 0 Å². The Morgan fingerprint density at radius 1 is 1.17 bits per heavy atom. The topological polar surface area (TPSA) is 95.8 Å². The van der Waals surface area contributed by atoms with Crippen molar-refractivity contribution >= 4 is 16.8 Å². The van der Waals surface area contributed by atoms with Crippen molar-refractivity contribution in [3.05, 3.63) is 93.2 Å². The summed E-state index contributed by atoms with van der Waals surface area (Å²) in [4.78, 5) is 31.2. The molecule has 0 saturated heterocycles. The summed E-state index contributed by atoms with van der Waals surface area (Å²) in [5.74, 6) is 0.0335. The van der Waals surface area contributed by atoms with E-state index in [0.717, 1.165) is 23.2 Å². The molecule has 0 spiro atoms. The first-order valence-corrected chi connectivity index (χ1v) is 12.3. The van der Waals surface area contributed by atoms with Crippen LogP contribution >= 0.6 is 0 Å². The minimum absolute atomic E-state index is 0.0284. The number of carbonyl (C=O) groups is 1. The third kappa shape index (κ3) is 4.61. The zero-order chi connectivity index (χ0) is 25.4. The van der Waals surface area contributed by atoms with Crippen molar-refractivity contribution < 1.29 is 19.1 Å². The lowest BCUT2D eigenvalue weighted by Gasteiger charge is -2.29. The quantitative estimate of drug-likeness (QED) is 0.399. The highest BCUT2D eigenvalue weighted by molar-refractivity contribution is 5.86. The van der Waals surface area contributed by atoms with Gasteiger partial charge in [-0.15, -0.1) is 0 Å². The fourth-order valence-corrected chi connectivity index (χ4v) is 4.98. The van der Waals surface area contributed by atoms with Crippen molar-refractivity contribution in [1.82, 2.24) is 9.88 Å². The molecule has 7 nitrogen and oxygen atoms in total. The number of para-hydroxylation sites is 1. The molecule has 4 aromatic rings. The number of aromatic amines is 1. The maximum absolute atomic E-state index is 13.6. The normalized spacial score (nSPS) is 14.2. The summed E-state index contributed by atoms with van der Waals surface area (Å²) in [7, 11) is 0. The van der Waals surface area contributed by atoms with Crippen LogP contribution in [0.25, 0.3) is 10.9 Å². The lowest BCUT2D eigenvalue weighted by molar-refractivity contribution is -0.132. The summed E-state index contributed by atoms with van der Waals surface area (Å²) in [6.07, 6.45) is 0.850. The third-order valence-electron chi connectivity index (χ3n) is 6.66. The predicted octanol–water partition coefficient (Wildman–Crippen LogP) is 5.03. The monoisotopic (exact) mass is 486 g/mol. The zero-order valence-electron chi connectivity index (χ0n) is 20.7. The van der Waals surface area contributed by atoms with Gasteiger partial charge in [0, 0.05) is 35.6 Å². The zero-order valence-corrected chi connectivity index (χ0v) is 20.7. The summed E-state index contributed by atoms with van der Waals surface area (Å²) in [6, 6.07) is 16.8. The molecule has 0 aliphatic carbocycles. The van der Waals surface area contributed by atoms with Crippen LogP contribution in [0.15, 0.2) is 63.8 Å². The number of fused-ring (bicyclic) bond motifs is 3. The molecule has 5 rings (SSSR count). The average molecular weight is 487 g/mol. The number of amides is 1. The molecule has 2 N–H and O–H groups in total. The van der Waals surface area contributed by atoms with Crippen LogP contribution in [0.2, 0.25) is 0 Å². The Morgan fingerprint density at radius 3 is 2.67 bits per heavy atom. The molecule has 2 aromatic heterocycles. The van der Waals surface area contributed by atoms with E-state index in [4.69, 9.17) is 9.15 Å².